The van der Waals surface area contributed by atoms with E-state index in [0.717, 1.165) is 12.1 Å². The predicted octanol–water partition coefficient (Wildman–Crippen LogP) is 3.55. The third-order valence-electron chi connectivity index (χ3n) is 4.94. The molecule has 1 atom stereocenters. The van der Waals surface area contributed by atoms with Crippen LogP contribution in [0, 0.1) is 0 Å². The van der Waals surface area contributed by atoms with Crippen LogP contribution in [0.15, 0.2) is 53.4 Å². The van der Waals surface area contributed by atoms with Crippen LogP contribution in [0.25, 0.3) is 0 Å². The molecule has 6 nitrogen and oxygen atoms in total. The average molecular weight is 450 g/mol. The van der Waals surface area contributed by atoms with E-state index in [9.17, 15) is 13.2 Å². The number of piperazine rings is 1. The highest BCUT2D eigenvalue weighted by atomic mass is 35.5. The van der Waals surface area contributed by atoms with Gasteiger partial charge in [0.05, 0.1) is 11.1 Å². The summed E-state index contributed by atoms with van der Waals surface area (Å²) in [6.07, 6.45) is 0. The van der Waals surface area contributed by atoms with E-state index in [1.54, 1.807) is 26.8 Å². The molecule has 1 saturated heterocycles. The second-order valence-corrected chi connectivity index (χ2v) is 10.7. The maximum Gasteiger partial charge on any atom is 0.254 e. The summed E-state index contributed by atoms with van der Waals surface area (Å²) in [6.45, 7) is 7.27. The highest BCUT2D eigenvalue weighted by Crippen LogP contribution is 2.29. The second kappa shape index (κ2) is 8.67. The van der Waals surface area contributed by atoms with E-state index < -0.39 is 15.6 Å². The van der Waals surface area contributed by atoms with Crippen molar-refractivity contribution in [1.82, 2.24) is 14.5 Å². The Bertz CT molecular complexity index is 1020. The number of benzene rings is 2. The van der Waals surface area contributed by atoms with Gasteiger partial charge in [0.1, 0.15) is 4.90 Å². The third-order valence-corrected chi connectivity index (χ3v) is 7.18. The summed E-state index contributed by atoms with van der Waals surface area (Å²) >= 11 is 6.19. The maximum absolute atomic E-state index is 13.4. The molecule has 1 unspecified atom stereocenters. The van der Waals surface area contributed by atoms with Gasteiger partial charge in [0, 0.05) is 30.7 Å². The number of carbonyl (C=O) groups excluding carboxylic acids is 1. The van der Waals surface area contributed by atoms with Crippen molar-refractivity contribution in [3.63, 3.8) is 0 Å². The molecule has 8 heteroatoms. The van der Waals surface area contributed by atoms with E-state index in [0.29, 0.717) is 18.7 Å². The van der Waals surface area contributed by atoms with Crippen LogP contribution in [-0.4, -0.2) is 56.3 Å². The number of hydrogen-bond acceptors (Lipinski definition) is 4. The summed E-state index contributed by atoms with van der Waals surface area (Å²) in [5.74, 6) is -0.208. The van der Waals surface area contributed by atoms with Crippen LogP contribution >= 0.6 is 11.6 Å². The quantitative estimate of drug-likeness (QED) is 0.775. The second-order valence-electron chi connectivity index (χ2n) is 8.69. The van der Waals surface area contributed by atoms with E-state index in [1.165, 1.54) is 12.1 Å². The molecule has 1 fully saturated rings. The molecule has 3 rings (SSSR count). The van der Waals surface area contributed by atoms with Crippen LogP contribution in [-0.2, 0) is 10.0 Å². The van der Waals surface area contributed by atoms with Gasteiger partial charge in [-0.1, -0.05) is 41.9 Å². The van der Waals surface area contributed by atoms with E-state index in [-0.39, 0.29) is 21.9 Å². The Labute approximate surface area is 183 Å². The molecule has 0 bridgehead atoms. The lowest BCUT2D eigenvalue weighted by Gasteiger charge is -2.40. The van der Waals surface area contributed by atoms with Crippen molar-refractivity contribution in [3.8, 4) is 0 Å². The molecule has 1 amide bonds. The number of nitrogens with zero attached hydrogens (tertiary/aromatic N) is 2. The molecule has 0 aromatic heterocycles. The molecular weight excluding hydrogens is 422 g/mol. The number of carbonyl (C=O) groups is 1. The molecular formula is C22H28ClN3O3S. The molecule has 0 radical (unpaired) electrons. The number of nitrogens with one attached hydrogen (secondary N) is 1. The monoisotopic (exact) mass is 449 g/mol. The number of sulfonamides is 1. The molecule has 162 valence electrons. The molecule has 1 heterocycles. The maximum atomic E-state index is 13.4. The molecule has 1 aliphatic rings. The minimum atomic E-state index is -3.87. The van der Waals surface area contributed by atoms with Crippen LogP contribution in [0.5, 0.6) is 0 Å². The van der Waals surface area contributed by atoms with Gasteiger partial charge in [0.2, 0.25) is 10.0 Å². The molecule has 0 saturated carbocycles. The van der Waals surface area contributed by atoms with E-state index in [1.807, 2.05) is 42.3 Å². The van der Waals surface area contributed by atoms with E-state index in [2.05, 4.69) is 9.62 Å². The minimum absolute atomic E-state index is 0.0845. The Balaban J connectivity index is 1.96. The number of rotatable bonds is 4. The van der Waals surface area contributed by atoms with Gasteiger partial charge < -0.3 is 9.80 Å². The zero-order chi connectivity index (χ0) is 22.1. The zero-order valence-corrected chi connectivity index (χ0v) is 19.3. The fraction of sp³-hybridized carbons (Fsp3) is 0.409. The van der Waals surface area contributed by atoms with Crippen LogP contribution in [0.2, 0.25) is 5.02 Å². The van der Waals surface area contributed by atoms with E-state index >= 15 is 0 Å². The van der Waals surface area contributed by atoms with Crippen LogP contribution in [0.4, 0.5) is 0 Å². The molecule has 2 aromatic carbocycles. The van der Waals surface area contributed by atoms with Gasteiger partial charge in [0.25, 0.3) is 5.91 Å². The smallest absolute Gasteiger partial charge is 0.254 e. The number of hydrogen-bond donors (Lipinski definition) is 1. The van der Waals surface area contributed by atoms with Crippen molar-refractivity contribution in [1.29, 1.82) is 0 Å². The summed E-state index contributed by atoms with van der Waals surface area (Å²) in [4.78, 5) is 17.3. The van der Waals surface area contributed by atoms with Crippen molar-refractivity contribution in [3.05, 3.63) is 64.7 Å². The molecule has 30 heavy (non-hydrogen) atoms. The number of amides is 1. The topological polar surface area (TPSA) is 69.7 Å². The summed E-state index contributed by atoms with van der Waals surface area (Å²) in [6, 6.07) is 14.2. The van der Waals surface area contributed by atoms with Crippen molar-refractivity contribution in [2.24, 2.45) is 0 Å². The Morgan fingerprint density at radius 3 is 2.40 bits per heavy atom. The Morgan fingerprint density at radius 1 is 1.10 bits per heavy atom. The highest BCUT2D eigenvalue weighted by molar-refractivity contribution is 7.89. The first kappa shape index (κ1) is 22.7. The first-order chi connectivity index (χ1) is 14.0. The van der Waals surface area contributed by atoms with Gasteiger partial charge in [0.15, 0.2) is 0 Å². The van der Waals surface area contributed by atoms with E-state index in [4.69, 9.17) is 11.6 Å². The summed E-state index contributed by atoms with van der Waals surface area (Å²) in [7, 11) is -1.84. The first-order valence-corrected chi connectivity index (χ1v) is 11.7. The fourth-order valence-electron chi connectivity index (χ4n) is 3.59. The SMILES string of the molecule is CN1CCN(C(=O)c2ccc(Cl)c(S(=O)(=O)NC(C)(C)C)c2)C(c2ccccc2)C1. The fourth-order valence-corrected chi connectivity index (χ4v) is 5.53. The molecule has 2 aromatic rings. The predicted molar refractivity (Wildman–Crippen MR) is 119 cm³/mol. The third kappa shape index (κ3) is 5.21. The lowest BCUT2D eigenvalue weighted by molar-refractivity contribution is 0.0498. The number of halogens is 1. The Morgan fingerprint density at radius 2 is 1.77 bits per heavy atom. The first-order valence-electron chi connectivity index (χ1n) is 9.86. The normalized spacial score (nSPS) is 18.4. The largest absolute Gasteiger partial charge is 0.329 e. The number of likely N-dealkylation sites (N-methyl/N-ethyl adjacent to an activating group) is 1. The highest BCUT2D eigenvalue weighted by Gasteiger charge is 2.32. The van der Waals surface area contributed by atoms with Gasteiger partial charge >= 0.3 is 0 Å². The van der Waals surface area contributed by atoms with Crippen molar-refractivity contribution in [2.75, 3.05) is 26.7 Å². The minimum Gasteiger partial charge on any atom is -0.329 e. The van der Waals surface area contributed by atoms with Gasteiger partial charge in [-0.3, -0.25) is 4.79 Å². The van der Waals surface area contributed by atoms with Gasteiger partial charge in [-0.25, -0.2) is 13.1 Å². The molecule has 0 spiro atoms. The lowest BCUT2D eigenvalue weighted by Crippen LogP contribution is -2.49. The average Bonchev–Trinajstić information content (AvgIpc) is 2.66. The van der Waals surface area contributed by atoms with Gasteiger partial charge in [-0.2, -0.15) is 0 Å². The van der Waals surface area contributed by atoms with Gasteiger partial charge in [-0.15, -0.1) is 0 Å². The molecule has 1 N–H and O–H groups in total. The zero-order valence-electron chi connectivity index (χ0n) is 17.7. The Hall–Kier alpha value is -1.93. The van der Waals surface area contributed by atoms with Crippen LogP contribution in [0.3, 0.4) is 0 Å². The molecule has 1 aliphatic heterocycles. The van der Waals surface area contributed by atoms with Crippen molar-refractivity contribution >= 4 is 27.5 Å². The van der Waals surface area contributed by atoms with Crippen molar-refractivity contribution < 1.29 is 13.2 Å². The summed E-state index contributed by atoms with van der Waals surface area (Å²) < 4.78 is 28.2. The standard InChI is InChI=1S/C22H28ClN3O3S/c1-22(2,3)24-30(28,29)20-14-17(10-11-18(20)23)21(27)26-13-12-25(4)15-19(26)16-8-6-5-7-9-16/h5-11,14,19,24H,12-13,15H2,1-4H3. The molecule has 0 aliphatic carbocycles. The summed E-state index contributed by atoms with van der Waals surface area (Å²) in [5.41, 5.74) is 0.686. The van der Waals surface area contributed by atoms with Gasteiger partial charge in [-0.05, 0) is 51.6 Å². The summed E-state index contributed by atoms with van der Waals surface area (Å²) in [5, 5.41) is 0.0845. The lowest BCUT2D eigenvalue weighted by atomic mass is 10.0. The Kier molecular flexibility index (Phi) is 6.57. The van der Waals surface area contributed by atoms with Crippen LogP contribution < -0.4 is 4.72 Å². The van der Waals surface area contributed by atoms with Crippen LogP contribution in [0.1, 0.15) is 42.7 Å². The van der Waals surface area contributed by atoms with Crippen molar-refractivity contribution in [2.45, 2.75) is 37.2 Å².